The number of nitrogens with zero attached hydrogens (tertiary/aromatic N) is 5. The Bertz CT molecular complexity index is 880. The summed E-state index contributed by atoms with van der Waals surface area (Å²) in [6, 6.07) is 12.0. The Labute approximate surface area is 138 Å². The topological polar surface area (TPSA) is 48.0 Å². The molecule has 4 aromatic rings. The summed E-state index contributed by atoms with van der Waals surface area (Å²) in [6.07, 6.45) is 9.71. The molecule has 0 aliphatic heterocycles. The van der Waals surface area contributed by atoms with Crippen LogP contribution in [0.5, 0.6) is 0 Å². The monoisotopic (exact) mass is 321 g/mol. The van der Waals surface area contributed by atoms with E-state index in [4.69, 9.17) is 0 Å². The maximum Gasteiger partial charge on any atom is 0.168 e. The third-order valence-corrected chi connectivity index (χ3v) is 4.54. The fraction of sp³-hybridized carbons (Fsp3) is 0.118. The van der Waals surface area contributed by atoms with Gasteiger partial charge in [-0.05, 0) is 24.3 Å². The first-order valence-corrected chi connectivity index (χ1v) is 8.33. The molecule has 0 N–H and O–H groups in total. The van der Waals surface area contributed by atoms with Gasteiger partial charge in [-0.15, -0.1) is 0 Å². The minimum Gasteiger partial charge on any atom is -0.320 e. The van der Waals surface area contributed by atoms with Gasteiger partial charge in [0.1, 0.15) is 5.65 Å². The Kier molecular flexibility index (Phi) is 3.81. The molecule has 0 aliphatic rings. The van der Waals surface area contributed by atoms with E-state index in [1.54, 1.807) is 11.8 Å². The van der Waals surface area contributed by atoms with Gasteiger partial charge in [-0.2, -0.15) is 0 Å². The van der Waals surface area contributed by atoms with E-state index in [2.05, 4.69) is 25.7 Å². The van der Waals surface area contributed by atoms with Crippen LogP contribution in [0.3, 0.4) is 0 Å². The van der Waals surface area contributed by atoms with Crippen LogP contribution in [-0.2, 0) is 12.3 Å². The van der Waals surface area contributed by atoms with E-state index in [0.29, 0.717) is 0 Å². The first-order chi connectivity index (χ1) is 11.4. The Hall–Kier alpha value is -2.60. The molecule has 23 heavy (non-hydrogen) atoms. The number of imidazole rings is 2. The summed E-state index contributed by atoms with van der Waals surface area (Å²) in [6.45, 7) is 0.730. The first-order valence-electron chi connectivity index (χ1n) is 7.35. The molecule has 6 heteroatoms. The van der Waals surface area contributed by atoms with Gasteiger partial charge in [-0.25, -0.2) is 9.97 Å². The molecule has 0 atom stereocenters. The second-order valence-corrected chi connectivity index (χ2v) is 6.09. The zero-order valence-corrected chi connectivity index (χ0v) is 13.2. The number of rotatable bonds is 5. The molecule has 4 heterocycles. The van der Waals surface area contributed by atoms with Gasteiger partial charge in [0.2, 0.25) is 0 Å². The summed E-state index contributed by atoms with van der Waals surface area (Å²) in [5.41, 5.74) is 3.05. The van der Waals surface area contributed by atoms with Crippen LogP contribution in [-0.4, -0.2) is 23.9 Å². The van der Waals surface area contributed by atoms with Gasteiger partial charge >= 0.3 is 0 Å². The number of thioether (sulfide) groups is 1. The fourth-order valence-corrected chi connectivity index (χ4v) is 3.26. The van der Waals surface area contributed by atoms with Gasteiger partial charge in [0, 0.05) is 36.7 Å². The lowest BCUT2D eigenvalue weighted by molar-refractivity contribution is 0.693. The normalized spacial score (nSPS) is 11.1. The van der Waals surface area contributed by atoms with Gasteiger partial charge in [0.15, 0.2) is 5.16 Å². The SMILES string of the molecule is c1ccc(Cn2ccnc2SCc2cn3ccccc3n2)nc1. The lowest BCUT2D eigenvalue weighted by Crippen LogP contribution is -2.02. The quantitative estimate of drug-likeness (QED) is 0.529. The second kappa shape index (κ2) is 6.26. The average Bonchev–Trinajstić information content (AvgIpc) is 3.20. The van der Waals surface area contributed by atoms with Crippen LogP contribution in [0.25, 0.3) is 5.65 Å². The molecular weight excluding hydrogens is 306 g/mol. The zero-order chi connectivity index (χ0) is 15.5. The van der Waals surface area contributed by atoms with Gasteiger partial charge in [0.05, 0.1) is 17.9 Å². The van der Waals surface area contributed by atoms with Gasteiger partial charge in [-0.1, -0.05) is 23.9 Å². The third kappa shape index (κ3) is 3.12. The molecule has 0 aliphatic carbocycles. The zero-order valence-electron chi connectivity index (χ0n) is 12.4. The molecule has 4 aromatic heterocycles. The van der Waals surface area contributed by atoms with E-state index in [0.717, 1.165) is 34.5 Å². The van der Waals surface area contributed by atoms with Crippen LogP contribution >= 0.6 is 11.8 Å². The molecule has 4 rings (SSSR count). The molecule has 0 bridgehead atoms. The fourth-order valence-electron chi connectivity index (χ4n) is 2.42. The van der Waals surface area contributed by atoms with Crippen molar-refractivity contribution in [2.24, 2.45) is 0 Å². The van der Waals surface area contributed by atoms with E-state index >= 15 is 0 Å². The molecule has 0 fully saturated rings. The van der Waals surface area contributed by atoms with E-state index in [1.165, 1.54) is 0 Å². The van der Waals surface area contributed by atoms with Crippen molar-refractivity contribution < 1.29 is 0 Å². The predicted octanol–water partition coefficient (Wildman–Crippen LogP) is 3.27. The number of hydrogen-bond acceptors (Lipinski definition) is 4. The number of fused-ring (bicyclic) bond motifs is 1. The minimum absolute atomic E-state index is 0.730. The summed E-state index contributed by atoms with van der Waals surface area (Å²) < 4.78 is 4.15. The Morgan fingerprint density at radius 1 is 0.913 bits per heavy atom. The van der Waals surface area contributed by atoms with Crippen LogP contribution in [0.2, 0.25) is 0 Å². The summed E-state index contributed by atoms with van der Waals surface area (Å²) in [5, 5.41) is 0.979. The molecule has 0 aromatic carbocycles. The Morgan fingerprint density at radius 3 is 2.74 bits per heavy atom. The van der Waals surface area contributed by atoms with Crippen LogP contribution < -0.4 is 0 Å². The Balaban J connectivity index is 1.48. The maximum atomic E-state index is 4.62. The first kappa shape index (κ1) is 14.0. The van der Waals surface area contributed by atoms with Crippen molar-refractivity contribution in [3.05, 3.63) is 78.8 Å². The van der Waals surface area contributed by atoms with Crippen molar-refractivity contribution in [1.29, 1.82) is 0 Å². The van der Waals surface area contributed by atoms with Crippen molar-refractivity contribution in [3.8, 4) is 0 Å². The summed E-state index contributed by atoms with van der Waals surface area (Å²) in [4.78, 5) is 13.4. The lowest BCUT2D eigenvalue weighted by Gasteiger charge is -2.06. The van der Waals surface area contributed by atoms with Crippen molar-refractivity contribution in [3.63, 3.8) is 0 Å². The molecule has 0 unspecified atom stereocenters. The maximum absolute atomic E-state index is 4.62. The van der Waals surface area contributed by atoms with Crippen LogP contribution in [0.4, 0.5) is 0 Å². The van der Waals surface area contributed by atoms with Gasteiger partial charge in [-0.3, -0.25) is 4.98 Å². The van der Waals surface area contributed by atoms with E-state index in [9.17, 15) is 0 Å². The summed E-state index contributed by atoms with van der Waals surface area (Å²) in [7, 11) is 0. The minimum atomic E-state index is 0.730. The number of aromatic nitrogens is 5. The molecule has 0 radical (unpaired) electrons. The Morgan fingerprint density at radius 2 is 1.87 bits per heavy atom. The third-order valence-electron chi connectivity index (χ3n) is 3.50. The highest BCUT2D eigenvalue weighted by molar-refractivity contribution is 7.98. The average molecular weight is 321 g/mol. The van der Waals surface area contributed by atoms with Crippen LogP contribution in [0.15, 0.2) is 72.5 Å². The van der Waals surface area contributed by atoms with E-state index in [-0.39, 0.29) is 0 Å². The molecule has 0 saturated carbocycles. The van der Waals surface area contributed by atoms with Gasteiger partial charge in [0.25, 0.3) is 0 Å². The summed E-state index contributed by atoms with van der Waals surface area (Å²) in [5.74, 6) is 0.793. The molecule has 5 nitrogen and oxygen atoms in total. The standard InChI is InChI=1S/C17H15N5S/c1-3-7-18-14(5-1)11-22-10-8-19-17(22)23-13-15-12-21-9-4-2-6-16(21)20-15/h1-10,12H,11,13H2. The molecule has 0 saturated heterocycles. The van der Waals surface area contributed by atoms with Crippen molar-refractivity contribution in [2.75, 3.05) is 0 Å². The lowest BCUT2D eigenvalue weighted by atomic mass is 10.3. The van der Waals surface area contributed by atoms with Crippen molar-refractivity contribution in [2.45, 2.75) is 17.5 Å². The molecule has 114 valence electrons. The second-order valence-electron chi connectivity index (χ2n) is 5.15. The van der Waals surface area contributed by atoms with Crippen molar-refractivity contribution in [1.82, 2.24) is 23.9 Å². The van der Waals surface area contributed by atoms with E-state index < -0.39 is 0 Å². The predicted molar refractivity (Wildman–Crippen MR) is 90.3 cm³/mol. The van der Waals surface area contributed by atoms with Crippen molar-refractivity contribution >= 4 is 17.4 Å². The smallest absolute Gasteiger partial charge is 0.168 e. The highest BCUT2D eigenvalue weighted by Crippen LogP contribution is 2.21. The molecule has 0 spiro atoms. The van der Waals surface area contributed by atoms with Gasteiger partial charge < -0.3 is 8.97 Å². The summed E-state index contributed by atoms with van der Waals surface area (Å²) >= 11 is 1.69. The highest BCUT2D eigenvalue weighted by atomic mass is 32.2. The van der Waals surface area contributed by atoms with Crippen LogP contribution in [0.1, 0.15) is 11.4 Å². The number of hydrogen-bond donors (Lipinski definition) is 0. The largest absolute Gasteiger partial charge is 0.320 e. The highest BCUT2D eigenvalue weighted by Gasteiger charge is 2.07. The van der Waals surface area contributed by atoms with E-state index in [1.807, 2.05) is 65.6 Å². The molecule has 0 amide bonds. The number of pyridine rings is 2. The molecular formula is C17H15N5S. The van der Waals surface area contributed by atoms with Crippen LogP contribution in [0, 0.1) is 0 Å².